The number of carbonyl (C=O) groups excluding carboxylic acids is 1. The van der Waals surface area contributed by atoms with Gasteiger partial charge in [-0.25, -0.2) is 0 Å². The van der Waals surface area contributed by atoms with E-state index < -0.39 is 5.41 Å². The van der Waals surface area contributed by atoms with Crippen LogP contribution in [0, 0.1) is 27.7 Å². The highest BCUT2D eigenvalue weighted by Gasteiger charge is 2.49. The molecule has 4 heteroatoms. The highest BCUT2D eigenvalue weighted by Crippen LogP contribution is 2.52. The third-order valence-electron chi connectivity index (χ3n) is 9.17. The summed E-state index contributed by atoms with van der Waals surface area (Å²) in [6.07, 6.45) is 5.75. The number of hydrogen-bond donors (Lipinski definition) is 1. The molecule has 1 saturated carbocycles. The summed E-state index contributed by atoms with van der Waals surface area (Å²) in [6.45, 7) is 9.87. The van der Waals surface area contributed by atoms with Crippen molar-refractivity contribution in [1.82, 2.24) is 0 Å². The van der Waals surface area contributed by atoms with Crippen LogP contribution in [0.3, 0.4) is 0 Å². The Kier molecular flexibility index (Phi) is 7.44. The summed E-state index contributed by atoms with van der Waals surface area (Å²) < 4.78 is 12.7. The molecule has 0 spiro atoms. The van der Waals surface area contributed by atoms with E-state index in [-0.39, 0.29) is 23.9 Å². The number of Topliss-reactive ketones (excluding diaryl/α,β-unsaturated/α-hetero) is 1. The summed E-state index contributed by atoms with van der Waals surface area (Å²) in [6, 6.07) is 24.3. The number of phenols is 1. The summed E-state index contributed by atoms with van der Waals surface area (Å²) in [7, 11) is 0. The van der Waals surface area contributed by atoms with Crippen LogP contribution in [0.5, 0.6) is 11.5 Å². The molecule has 6 rings (SSSR count). The highest BCUT2D eigenvalue weighted by molar-refractivity contribution is 6.16. The lowest BCUT2D eigenvalue weighted by Gasteiger charge is -2.40. The number of phenolic OH excluding ortho intramolecular Hbond substituents is 1. The van der Waals surface area contributed by atoms with Crippen LogP contribution in [-0.2, 0) is 10.2 Å². The maximum Gasteiger partial charge on any atom is 0.197 e. The normalized spacial score (nSPS) is 19.2. The van der Waals surface area contributed by atoms with E-state index in [0.717, 1.165) is 68.7 Å². The minimum atomic E-state index is -1.10. The zero-order valence-corrected chi connectivity index (χ0v) is 25.3. The molecule has 2 aliphatic rings. The molecule has 2 aliphatic carbocycles. The number of fused-ring (bicyclic) bond motifs is 3. The van der Waals surface area contributed by atoms with Gasteiger partial charge in [-0.15, -0.1) is 0 Å². The standard InChI is InChI=1S/C38H40O4/c1-23-19-28(20-24(2)35(23)39)38(34-18-12-11-16-32(34)31-15-9-10-17-33(31)37(38)40)29-21-25(3)36(26(4)22-29)42-27(5)41-30-13-7-6-8-14-30/h9-12,15-22,27,30,39H,6-8,13-14H2,1-5H3. The lowest BCUT2D eigenvalue weighted by Crippen LogP contribution is -2.42. The first-order chi connectivity index (χ1) is 20.2. The second kappa shape index (κ2) is 11.1. The van der Waals surface area contributed by atoms with Gasteiger partial charge in [0.2, 0.25) is 0 Å². The Hall–Kier alpha value is -3.89. The van der Waals surface area contributed by atoms with Gasteiger partial charge >= 0.3 is 0 Å². The van der Waals surface area contributed by atoms with Gasteiger partial charge in [-0.3, -0.25) is 4.79 Å². The van der Waals surface area contributed by atoms with Gasteiger partial charge in [0.15, 0.2) is 12.1 Å². The fraction of sp³-hybridized carbons (Fsp3) is 0.342. The van der Waals surface area contributed by atoms with Crippen molar-refractivity contribution in [1.29, 1.82) is 0 Å². The Morgan fingerprint density at radius 2 is 1.26 bits per heavy atom. The largest absolute Gasteiger partial charge is 0.507 e. The van der Waals surface area contributed by atoms with E-state index in [1.807, 2.05) is 83.1 Å². The molecule has 0 bridgehead atoms. The Balaban J connectivity index is 1.54. The first kappa shape index (κ1) is 28.2. The molecule has 42 heavy (non-hydrogen) atoms. The van der Waals surface area contributed by atoms with E-state index in [1.54, 1.807) is 0 Å². The highest BCUT2D eigenvalue weighted by atomic mass is 16.7. The van der Waals surface area contributed by atoms with Crippen molar-refractivity contribution in [3.63, 3.8) is 0 Å². The molecule has 0 radical (unpaired) electrons. The van der Waals surface area contributed by atoms with Gasteiger partial charge in [-0.2, -0.15) is 0 Å². The molecule has 0 heterocycles. The van der Waals surface area contributed by atoms with E-state index in [1.165, 1.54) is 19.3 Å². The molecule has 4 nitrogen and oxygen atoms in total. The monoisotopic (exact) mass is 560 g/mol. The van der Waals surface area contributed by atoms with Crippen LogP contribution in [0.15, 0.2) is 72.8 Å². The molecular formula is C38H40O4. The number of aromatic hydroxyl groups is 1. The summed E-state index contributed by atoms with van der Waals surface area (Å²) >= 11 is 0. The first-order valence-electron chi connectivity index (χ1n) is 15.2. The number of benzene rings is 4. The SMILES string of the molecule is Cc1cc(C2(c3cc(C)c(OC(C)OC4CCCCC4)c(C)c3)C(=O)c3ccccc3-c3ccccc32)cc(C)c1O. The van der Waals surface area contributed by atoms with Crippen molar-refractivity contribution in [3.05, 3.63) is 117 Å². The average molecular weight is 561 g/mol. The Morgan fingerprint density at radius 3 is 1.88 bits per heavy atom. The summed E-state index contributed by atoms with van der Waals surface area (Å²) in [5.74, 6) is 1.09. The molecule has 4 aromatic rings. The molecule has 0 aliphatic heterocycles. The average Bonchev–Trinajstić information content (AvgIpc) is 2.98. The van der Waals surface area contributed by atoms with Gasteiger partial charge < -0.3 is 14.6 Å². The van der Waals surface area contributed by atoms with E-state index in [9.17, 15) is 5.11 Å². The predicted molar refractivity (Wildman–Crippen MR) is 168 cm³/mol. The van der Waals surface area contributed by atoms with E-state index in [4.69, 9.17) is 9.47 Å². The number of rotatable bonds is 6. The second-order valence-electron chi connectivity index (χ2n) is 12.1. The lowest BCUT2D eigenvalue weighted by atomic mass is 9.59. The van der Waals surface area contributed by atoms with Crippen LogP contribution in [-0.4, -0.2) is 23.3 Å². The van der Waals surface area contributed by atoms with Crippen LogP contribution in [0.4, 0.5) is 0 Å². The van der Waals surface area contributed by atoms with Crippen LogP contribution >= 0.6 is 0 Å². The van der Waals surface area contributed by atoms with Gasteiger partial charge in [0, 0.05) is 5.56 Å². The van der Waals surface area contributed by atoms with E-state index >= 15 is 4.79 Å². The third kappa shape index (κ3) is 4.62. The summed E-state index contributed by atoms with van der Waals surface area (Å²) in [5.41, 5.74) is 7.68. The van der Waals surface area contributed by atoms with Crippen molar-refractivity contribution in [3.8, 4) is 22.6 Å². The predicted octanol–water partition coefficient (Wildman–Crippen LogP) is 8.90. The van der Waals surface area contributed by atoms with Gasteiger partial charge in [-0.1, -0.05) is 92.1 Å². The van der Waals surface area contributed by atoms with Crippen LogP contribution < -0.4 is 4.74 Å². The summed E-state index contributed by atoms with van der Waals surface area (Å²) in [4.78, 5) is 15.0. The van der Waals surface area contributed by atoms with Crippen LogP contribution in [0.1, 0.15) is 88.3 Å². The van der Waals surface area contributed by atoms with Crippen molar-refractivity contribution in [2.45, 2.75) is 84.5 Å². The molecule has 0 saturated heterocycles. The van der Waals surface area contributed by atoms with Crippen molar-refractivity contribution in [2.24, 2.45) is 0 Å². The molecule has 2 atom stereocenters. The van der Waals surface area contributed by atoms with Gasteiger partial charge in [0.25, 0.3) is 0 Å². The number of hydrogen-bond acceptors (Lipinski definition) is 4. The van der Waals surface area contributed by atoms with Crippen molar-refractivity contribution in [2.75, 3.05) is 0 Å². The van der Waals surface area contributed by atoms with Gasteiger partial charge in [0.1, 0.15) is 16.9 Å². The number of carbonyl (C=O) groups is 1. The van der Waals surface area contributed by atoms with Gasteiger partial charge in [0.05, 0.1) is 6.10 Å². The maximum absolute atomic E-state index is 15.0. The molecule has 216 valence electrons. The minimum Gasteiger partial charge on any atom is -0.507 e. The number of aryl methyl sites for hydroxylation is 4. The Labute approximate surface area is 249 Å². The van der Waals surface area contributed by atoms with Crippen LogP contribution in [0.25, 0.3) is 11.1 Å². The van der Waals surface area contributed by atoms with E-state index in [2.05, 4.69) is 24.3 Å². The number of ether oxygens (including phenoxy) is 2. The second-order valence-corrected chi connectivity index (χ2v) is 12.1. The number of ketones is 1. The third-order valence-corrected chi connectivity index (χ3v) is 9.17. The van der Waals surface area contributed by atoms with Crippen LogP contribution in [0.2, 0.25) is 0 Å². The minimum absolute atomic E-state index is 0.0303. The molecule has 1 fully saturated rings. The fourth-order valence-electron chi connectivity index (χ4n) is 7.22. The van der Waals surface area contributed by atoms with Crippen molar-refractivity contribution < 1.29 is 19.4 Å². The molecule has 1 N–H and O–H groups in total. The quantitative estimate of drug-likeness (QED) is 0.239. The molecular weight excluding hydrogens is 520 g/mol. The first-order valence-corrected chi connectivity index (χ1v) is 15.2. The zero-order chi connectivity index (χ0) is 29.6. The molecule has 0 aromatic heterocycles. The summed E-state index contributed by atoms with van der Waals surface area (Å²) in [5, 5.41) is 10.7. The van der Waals surface area contributed by atoms with E-state index in [0.29, 0.717) is 5.56 Å². The topological polar surface area (TPSA) is 55.8 Å². The Bertz CT molecular complexity index is 1620. The zero-order valence-electron chi connectivity index (χ0n) is 25.3. The molecule has 0 amide bonds. The molecule has 2 unspecified atom stereocenters. The maximum atomic E-state index is 15.0. The smallest absolute Gasteiger partial charge is 0.197 e. The Morgan fingerprint density at radius 1 is 0.738 bits per heavy atom. The van der Waals surface area contributed by atoms with Crippen molar-refractivity contribution >= 4 is 5.78 Å². The molecule has 4 aromatic carbocycles. The van der Waals surface area contributed by atoms with Gasteiger partial charge in [-0.05, 0) is 97.5 Å². The fourth-order valence-corrected chi connectivity index (χ4v) is 7.22. The lowest BCUT2D eigenvalue weighted by molar-refractivity contribution is -0.117.